The minimum absolute atomic E-state index is 0.118. The fraction of sp³-hybridized carbons (Fsp3) is 0.538. The van der Waals surface area contributed by atoms with Gasteiger partial charge in [-0.1, -0.05) is 0 Å². The summed E-state index contributed by atoms with van der Waals surface area (Å²) in [4.78, 5) is 15.0. The molecule has 0 unspecified atom stereocenters. The minimum Gasteiger partial charge on any atom is -0.481 e. The lowest BCUT2D eigenvalue weighted by molar-refractivity contribution is -0.141. The van der Waals surface area contributed by atoms with E-state index in [9.17, 15) is 4.79 Å². The number of rotatable bonds is 3. The van der Waals surface area contributed by atoms with Crippen LogP contribution in [-0.2, 0) is 11.2 Å². The third-order valence-corrected chi connectivity index (χ3v) is 3.38. The third kappa shape index (κ3) is 2.60. The fourth-order valence-corrected chi connectivity index (χ4v) is 2.55. The highest BCUT2D eigenvalue weighted by molar-refractivity contribution is 5.70. The number of carbonyl (C=O) groups is 1. The number of aliphatic carboxylic acids is 1. The highest BCUT2D eigenvalue weighted by atomic mass is 16.4. The van der Waals surface area contributed by atoms with Gasteiger partial charge < -0.3 is 5.11 Å². The highest BCUT2D eigenvalue weighted by Crippen LogP contribution is 2.33. The molecule has 1 heterocycles. The number of aryl methyl sites for hydroxylation is 1. The first-order chi connectivity index (χ1) is 7.65. The molecule has 16 heavy (non-hydrogen) atoms. The second-order valence-corrected chi connectivity index (χ2v) is 4.72. The SMILES string of the molecule is Cc1cc(C[C@@H]2CC[C@@H](C(=O)O)C2)ccn1. The van der Waals surface area contributed by atoms with E-state index < -0.39 is 5.97 Å². The van der Waals surface area contributed by atoms with Crippen LogP contribution in [0.2, 0.25) is 0 Å². The van der Waals surface area contributed by atoms with Gasteiger partial charge in [0, 0.05) is 11.9 Å². The zero-order valence-corrected chi connectivity index (χ0v) is 9.52. The Kier molecular flexibility index (Phi) is 3.22. The van der Waals surface area contributed by atoms with Crippen LogP contribution < -0.4 is 0 Å². The Morgan fingerprint density at radius 1 is 1.56 bits per heavy atom. The van der Waals surface area contributed by atoms with Gasteiger partial charge in [0.05, 0.1) is 5.92 Å². The Bertz CT molecular complexity index is 389. The summed E-state index contributed by atoms with van der Waals surface area (Å²) in [6.07, 6.45) is 5.53. The van der Waals surface area contributed by atoms with Gasteiger partial charge in [0.1, 0.15) is 0 Å². The summed E-state index contributed by atoms with van der Waals surface area (Å²) in [5, 5.41) is 8.93. The van der Waals surface area contributed by atoms with Gasteiger partial charge >= 0.3 is 5.97 Å². The molecule has 2 atom stereocenters. The van der Waals surface area contributed by atoms with Crippen molar-refractivity contribution in [2.45, 2.75) is 32.6 Å². The summed E-state index contributed by atoms with van der Waals surface area (Å²) < 4.78 is 0. The lowest BCUT2D eigenvalue weighted by Gasteiger charge is -2.09. The molecule has 1 fully saturated rings. The van der Waals surface area contributed by atoms with E-state index in [0.29, 0.717) is 5.92 Å². The van der Waals surface area contributed by atoms with Crippen LogP contribution in [0.15, 0.2) is 18.3 Å². The molecule has 0 aromatic carbocycles. The number of aromatic nitrogens is 1. The van der Waals surface area contributed by atoms with Gasteiger partial charge in [-0.15, -0.1) is 0 Å². The Balaban J connectivity index is 1.94. The Morgan fingerprint density at radius 2 is 2.38 bits per heavy atom. The first-order valence-electron chi connectivity index (χ1n) is 5.79. The van der Waals surface area contributed by atoms with Crippen molar-refractivity contribution in [2.75, 3.05) is 0 Å². The van der Waals surface area contributed by atoms with Gasteiger partial charge in [-0.3, -0.25) is 9.78 Å². The van der Waals surface area contributed by atoms with Crippen molar-refractivity contribution in [2.24, 2.45) is 11.8 Å². The standard InChI is InChI=1S/C13H17NO2/c1-9-6-11(4-5-14-9)7-10-2-3-12(8-10)13(15)16/h4-6,10,12H,2-3,7-8H2,1H3,(H,15,16)/t10-,12+/m0/s1. The predicted molar refractivity (Wildman–Crippen MR) is 61.1 cm³/mol. The maximum absolute atomic E-state index is 10.8. The molecule has 86 valence electrons. The van der Waals surface area contributed by atoms with Gasteiger partial charge in [0.2, 0.25) is 0 Å². The molecule has 0 bridgehead atoms. The molecule has 1 saturated carbocycles. The molecule has 1 aliphatic rings. The molecule has 1 aromatic heterocycles. The lowest BCUT2D eigenvalue weighted by atomic mass is 9.97. The number of hydrogen-bond acceptors (Lipinski definition) is 2. The van der Waals surface area contributed by atoms with Crippen molar-refractivity contribution < 1.29 is 9.90 Å². The molecule has 2 rings (SSSR count). The summed E-state index contributed by atoms with van der Waals surface area (Å²) in [7, 11) is 0. The Hall–Kier alpha value is -1.38. The molecule has 1 N–H and O–H groups in total. The van der Waals surface area contributed by atoms with Gasteiger partial charge in [-0.2, -0.15) is 0 Å². The number of pyridine rings is 1. The van der Waals surface area contributed by atoms with Crippen LogP contribution >= 0.6 is 0 Å². The minimum atomic E-state index is -0.631. The molecule has 0 aliphatic heterocycles. The molecule has 0 spiro atoms. The van der Waals surface area contributed by atoms with Crippen molar-refractivity contribution >= 4 is 5.97 Å². The van der Waals surface area contributed by atoms with E-state index in [2.05, 4.69) is 11.1 Å². The fourth-order valence-electron chi connectivity index (χ4n) is 2.55. The Labute approximate surface area is 95.5 Å². The topological polar surface area (TPSA) is 50.2 Å². The van der Waals surface area contributed by atoms with Crippen LogP contribution in [-0.4, -0.2) is 16.1 Å². The van der Waals surface area contributed by atoms with Gasteiger partial charge in [0.25, 0.3) is 0 Å². The van der Waals surface area contributed by atoms with E-state index in [0.717, 1.165) is 31.4 Å². The molecule has 0 amide bonds. The van der Waals surface area contributed by atoms with Gasteiger partial charge in [0.15, 0.2) is 0 Å². The van der Waals surface area contributed by atoms with E-state index in [1.54, 1.807) is 0 Å². The van der Waals surface area contributed by atoms with E-state index >= 15 is 0 Å². The third-order valence-electron chi connectivity index (χ3n) is 3.38. The van der Waals surface area contributed by atoms with Crippen LogP contribution in [0.5, 0.6) is 0 Å². The zero-order chi connectivity index (χ0) is 11.5. The van der Waals surface area contributed by atoms with Crippen LogP contribution in [0.1, 0.15) is 30.5 Å². The van der Waals surface area contributed by atoms with E-state index in [1.165, 1.54) is 5.56 Å². The quantitative estimate of drug-likeness (QED) is 0.849. The first kappa shape index (κ1) is 11.1. The number of nitrogens with zero attached hydrogens (tertiary/aromatic N) is 1. The maximum atomic E-state index is 10.8. The average Bonchev–Trinajstić information content (AvgIpc) is 2.66. The van der Waals surface area contributed by atoms with Crippen molar-refractivity contribution in [1.29, 1.82) is 0 Å². The molecule has 3 heteroatoms. The van der Waals surface area contributed by atoms with Crippen LogP contribution in [0.25, 0.3) is 0 Å². The second-order valence-electron chi connectivity index (χ2n) is 4.72. The lowest BCUT2D eigenvalue weighted by Crippen LogP contribution is -2.10. The van der Waals surface area contributed by atoms with Gasteiger partial charge in [-0.25, -0.2) is 0 Å². The summed E-state index contributed by atoms with van der Waals surface area (Å²) in [5.74, 6) is -0.218. The van der Waals surface area contributed by atoms with Crippen LogP contribution in [0.3, 0.4) is 0 Å². The van der Waals surface area contributed by atoms with Crippen LogP contribution in [0, 0.1) is 18.8 Å². The summed E-state index contributed by atoms with van der Waals surface area (Å²) >= 11 is 0. The average molecular weight is 219 g/mol. The van der Waals surface area contributed by atoms with Gasteiger partial charge in [-0.05, 0) is 56.2 Å². The smallest absolute Gasteiger partial charge is 0.306 e. The maximum Gasteiger partial charge on any atom is 0.306 e. The number of hydrogen-bond donors (Lipinski definition) is 1. The summed E-state index contributed by atoms with van der Waals surface area (Å²) in [6.45, 7) is 1.98. The molecule has 0 saturated heterocycles. The Morgan fingerprint density at radius 3 is 3.00 bits per heavy atom. The largest absolute Gasteiger partial charge is 0.481 e. The molecule has 3 nitrogen and oxygen atoms in total. The molecule has 1 aliphatic carbocycles. The summed E-state index contributed by atoms with van der Waals surface area (Å²) in [6, 6.07) is 4.12. The van der Waals surface area contributed by atoms with E-state index in [1.807, 2.05) is 19.2 Å². The predicted octanol–water partition coefficient (Wildman–Crippen LogP) is 2.43. The normalized spacial score (nSPS) is 24.6. The monoisotopic (exact) mass is 219 g/mol. The summed E-state index contributed by atoms with van der Waals surface area (Å²) in [5.41, 5.74) is 2.31. The molecule has 1 aromatic rings. The van der Waals surface area contributed by atoms with Crippen molar-refractivity contribution in [1.82, 2.24) is 4.98 Å². The second kappa shape index (κ2) is 4.64. The van der Waals surface area contributed by atoms with Crippen molar-refractivity contribution in [3.8, 4) is 0 Å². The molecular formula is C13H17NO2. The zero-order valence-electron chi connectivity index (χ0n) is 9.52. The number of carboxylic acid groups (broad SMARTS) is 1. The van der Waals surface area contributed by atoms with Crippen LogP contribution in [0.4, 0.5) is 0 Å². The molecule has 0 radical (unpaired) electrons. The first-order valence-corrected chi connectivity index (χ1v) is 5.79. The van der Waals surface area contributed by atoms with E-state index in [-0.39, 0.29) is 5.92 Å². The van der Waals surface area contributed by atoms with Crippen molar-refractivity contribution in [3.05, 3.63) is 29.6 Å². The van der Waals surface area contributed by atoms with Crippen molar-refractivity contribution in [3.63, 3.8) is 0 Å². The number of carboxylic acids is 1. The van der Waals surface area contributed by atoms with E-state index in [4.69, 9.17) is 5.11 Å². The molecular weight excluding hydrogens is 202 g/mol. The highest BCUT2D eigenvalue weighted by Gasteiger charge is 2.29.